The zero-order chi connectivity index (χ0) is 13.1. The van der Waals surface area contributed by atoms with Crippen molar-refractivity contribution >= 4 is 0 Å². The van der Waals surface area contributed by atoms with Gasteiger partial charge in [0.15, 0.2) is 0 Å². The smallest absolute Gasteiger partial charge is 0.131 e. The van der Waals surface area contributed by atoms with Crippen LogP contribution < -0.4 is 0 Å². The van der Waals surface area contributed by atoms with E-state index >= 15 is 0 Å². The molecule has 0 aliphatic rings. The van der Waals surface area contributed by atoms with E-state index in [1.165, 1.54) is 12.1 Å². The van der Waals surface area contributed by atoms with Crippen molar-refractivity contribution in [2.24, 2.45) is 0 Å². The molecule has 0 saturated carbocycles. The fraction of sp³-hybridized carbons (Fsp3) is 0.0714. The largest absolute Gasteiger partial charge is 0.254 e. The Kier molecular flexibility index (Phi) is 3.02. The molecule has 0 spiro atoms. The standard InChI is InChI=1S/C14H11FN4/c15-12-6-4-11(5-7-12)9-19-10-14(17-18-19)13-3-1-2-8-16-13/h1-8,10H,9H2. The molecule has 0 atom stereocenters. The highest BCUT2D eigenvalue weighted by atomic mass is 19.1. The van der Waals surface area contributed by atoms with Crippen LogP contribution in [0.4, 0.5) is 4.39 Å². The summed E-state index contributed by atoms with van der Waals surface area (Å²) < 4.78 is 14.5. The highest BCUT2D eigenvalue weighted by Crippen LogP contribution is 2.12. The van der Waals surface area contributed by atoms with Crippen molar-refractivity contribution in [3.8, 4) is 11.4 Å². The topological polar surface area (TPSA) is 43.6 Å². The van der Waals surface area contributed by atoms with Crippen LogP contribution >= 0.6 is 0 Å². The minimum Gasteiger partial charge on any atom is -0.254 e. The summed E-state index contributed by atoms with van der Waals surface area (Å²) in [6.45, 7) is 0.556. The van der Waals surface area contributed by atoms with Gasteiger partial charge >= 0.3 is 0 Å². The van der Waals surface area contributed by atoms with Crippen LogP contribution in [0.3, 0.4) is 0 Å². The van der Waals surface area contributed by atoms with Gasteiger partial charge in [0.25, 0.3) is 0 Å². The summed E-state index contributed by atoms with van der Waals surface area (Å²) in [6.07, 6.45) is 3.54. The van der Waals surface area contributed by atoms with Crippen molar-refractivity contribution in [1.82, 2.24) is 20.0 Å². The monoisotopic (exact) mass is 254 g/mol. The Morgan fingerprint density at radius 3 is 2.58 bits per heavy atom. The highest BCUT2D eigenvalue weighted by Gasteiger charge is 2.04. The molecule has 0 bridgehead atoms. The lowest BCUT2D eigenvalue weighted by Gasteiger charge is -2.00. The first-order valence-corrected chi connectivity index (χ1v) is 5.87. The van der Waals surface area contributed by atoms with Gasteiger partial charge < -0.3 is 0 Å². The number of benzene rings is 1. The quantitative estimate of drug-likeness (QED) is 0.721. The molecule has 0 radical (unpaired) electrons. The number of rotatable bonds is 3. The third-order valence-electron chi connectivity index (χ3n) is 2.72. The number of hydrogen-bond donors (Lipinski definition) is 0. The minimum atomic E-state index is -0.239. The Labute approximate surface area is 109 Å². The van der Waals surface area contributed by atoms with Gasteiger partial charge in [-0.15, -0.1) is 5.10 Å². The van der Waals surface area contributed by atoms with Crippen LogP contribution in [0, 0.1) is 5.82 Å². The molecular weight excluding hydrogens is 243 g/mol. The van der Waals surface area contributed by atoms with E-state index in [0.29, 0.717) is 6.54 Å². The van der Waals surface area contributed by atoms with Gasteiger partial charge in [0.1, 0.15) is 11.5 Å². The van der Waals surface area contributed by atoms with E-state index in [0.717, 1.165) is 17.0 Å². The van der Waals surface area contributed by atoms with Crippen molar-refractivity contribution in [3.63, 3.8) is 0 Å². The molecule has 0 fully saturated rings. The second-order valence-corrected chi connectivity index (χ2v) is 4.14. The van der Waals surface area contributed by atoms with Crippen LogP contribution in [-0.2, 0) is 6.54 Å². The van der Waals surface area contributed by atoms with Crippen molar-refractivity contribution in [1.29, 1.82) is 0 Å². The summed E-state index contributed by atoms with van der Waals surface area (Å²) in [6, 6.07) is 12.0. The molecule has 0 amide bonds. The summed E-state index contributed by atoms with van der Waals surface area (Å²) in [4.78, 5) is 4.22. The molecule has 19 heavy (non-hydrogen) atoms. The van der Waals surface area contributed by atoms with E-state index in [1.807, 2.05) is 24.4 Å². The van der Waals surface area contributed by atoms with Crippen molar-refractivity contribution in [3.05, 3.63) is 66.2 Å². The van der Waals surface area contributed by atoms with E-state index in [1.54, 1.807) is 23.0 Å². The average Bonchev–Trinajstić information content (AvgIpc) is 2.91. The molecule has 3 rings (SSSR count). The van der Waals surface area contributed by atoms with E-state index < -0.39 is 0 Å². The maximum atomic E-state index is 12.8. The van der Waals surface area contributed by atoms with E-state index in [-0.39, 0.29) is 5.82 Å². The summed E-state index contributed by atoms with van der Waals surface area (Å²) in [5.74, 6) is -0.239. The Morgan fingerprint density at radius 2 is 1.84 bits per heavy atom. The first kappa shape index (κ1) is 11.5. The van der Waals surface area contributed by atoms with Crippen LogP contribution in [0.2, 0.25) is 0 Å². The number of hydrogen-bond acceptors (Lipinski definition) is 3. The summed E-state index contributed by atoms with van der Waals surface area (Å²) in [5.41, 5.74) is 2.48. The predicted molar refractivity (Wildman–Crippen MR) is 68.8 cm³/mol. The number of pyridine rings is 1. The van der Waals surface area contributed by atoms with Gasteiger partial charge in [-0.05, 0) is 29.8 Å². The van der Waals surface area contributed by atoms with Gasteiger partial charge in [-0.1, -0.05) is 23.4 Å². The van der Waals surface area contributed by atoms with Gasteiger partial charge in [-0.25, -0.2) is 9.07 Å². The maximum absolute atomic E-state index is 12.8. The van der Waals surface area contributed by atoms with E-state index in [9.17, 15) is 4.39 Å². The molecule has 94 valence electrons. The van der Waals surface area contributed by atoms with Crippen molar-refractivity contribution in [2.45, 2.75) is 6.54 Å². The van der Waals surface area contributed by atoms with Crippen LogP contribution in [-0.4, -0.2) is 20.0 Å². The molecular formula is C14H11FN4. The summed E-state index contributed by atoms with van der Waals surface area (Å²) in [7, 11) is 0. The Bertz CT molecular complexity index is 661. The third-order valence-corrected chi connectivity index (χ3v) is 2.72. The normalized spacial score (nSPS) is 10.6. The second kappa shape index (κ2) is 4.97. The Morgan fingerprint density at radius 1 is 1.00 bits per heavy atom. The molecule has 0 saturated heterocycles. The predicted octanol–water partition coefficient (Wildman–Crippen LogP) is 2.53. The molecule has 0 N–H and O–H groups in total. The molecule has 3 aromatic rings. The van der Waals surface area contributed by atoms with Gasteiger partial charge in [-0.3, -0.25) is 4.98 Å². The van der Waals surface area contributed by atoms with Crippen LogP contribution in [0.15, 0.2) is 54.9 Å². The summed E-state index contributed by atoms with van der Waals surface area (Å²) in [5, 5.41) is 8.12. The zero-order valence-electron chi connectivity index (χ0n) is 10.1. The summed E-state index contributed by atoms with van der Waals surface area (Å²) >= 11 is 0. The number of aromatic nitrogens is 4. The van der Waals surface area contributed by atoms with E-state index in [4.69, 9.17) is 0 Å². The van der Waals surface area contributed by atoms with Crippen LogP contribution in [0.5, 0.6) is 0 Å². The average molecular weight is 254 g/mol. The molecule has 5 heteroatoms. The Hall–Kier alpha value is -2.56. The fourth-order valence-electron chi connectivity index (χ4n) is 1.78. The van der Waals surface area contributed by atoms with Crippen molar-refractivity contribution in [2.75, 3.05) is 0 Å². The third kappa shape index (κ3) is 2.65. The Balaban J connectivity index is 1.80. The van der Waals surface area contributed by atoms with Gasteiger partial charge in [0.05, 0.1) is 18.4 Å². The molecule has 0 unspecified atom stereocenters. The van der Waals surface area contributed by atoms with Gasteiger partial charge in [0.2, 0.25) is 0 Å². The minimum absolute atomic E-state index is 0.239. The highest BCUT2D eigenvalue weighted by molar-refractivity contribution is 5.51. The number of nitrogens with zero attached hydrogens (tertiary/aromatic N) is 4. The number of halogens is 1. The SMILES string of the molecule is Fc1ccc(Cn2cc(-c3ccccn3)nn2)cc1. The van der Waals surface area contributed by atoms with Crippen molar-refractivity contribution < 1.29 is 4.39 Å². The van der Waals surface area contributed by atoms with Crippen LogP contribution in [0.1, 0.15) is 5.56 Å². The lowest BCUT2D eigenvalue weighted by molar-refractivity contribution is 0.621. The molecule has 4 nitrogen and oxygen atoms in total. The molecule has 0 aliphatic heterocycles. The van der Waals surface area contributed by atoms with Crippen LogP contribution in [0.25, 0.3) is 11.4 Å². The van der Waals surface area contributed by atoms with E-state index in [2.05, 4.69) is 15.3 Å². The first-order valence-electron chi connectivity index (χ1n) is 5.87. The van der Waals surface area contributed by atoms with Gasteiger partial charge in [-0.2, -0.15) is 0 Å². The zero-order valence-corrected chi connectivity index (χ0v) is 10.1. The lowest BCUT2D eigenvalue weighted by Crippen LogP contribution is -2.00. The van der Waals surface area contributed by atoms with Gasteiger partial charge in [0, 0.05) is 6.20 Å². The first-order chi connectivity index (χ1) is 9.31. The maximum Gasteiger partial charge on any atom is 0.131 e. The molecule has 0 aliphatic carbocycles. The molecule has 1 aromatic carbocycles. The second-order valence-electron chi connectivity index (χ2n) is 4.14. The fourth-order valence-corrected chi connectivity index (χ4v) is 1.78. The lowest BCUT2D eigenvalue weighted by atomic mass is 10.2. The molecule has 2 aromatic heterocycles. The molecule has 2 heterocycles.